The molecule has 1 saturated heterocycles. The molecule has 1 atom stereocenters. The van der Waals surface area contributed by atoms with Gasteiger partial charge in [0.1, 0.15) is 12.1 Å². The summed E-state index contributed by atoms with van der Waals surface area (Å²) in [7, 11) is 2.11. The maximum absolute atomic E-state index is 14.5. The molecule has 1 N–H and O–H groups in total. The third-order valence-corrected chi connectivity index (χ3v) is 6.34. The first-order valence-corrected chi connectivity index (χ1v) is 11.5. The lowest BCUT2D eigenvalue weighted by Crippen LogP contribution is -2.38. The lowest BCUT2D eigenvalue weighted by Gasteiger charge is -2.34. The third kappa shape index (κ3) is 5.27. The van der Waals surface area contributed by atoms with Gasteiger partial charge >= 0.3 is 0 Å². The van der Waals surface area contributed by atoms with Gasteiger partial charge in [-0.05, 0) is 69.3 Å². The van der Waals surface area contributed by atoms with Crippen molar-refractivity contribution in [3.63, 3.8) is 0 Å². The maximum atomic E-state index is 14.5. The number of ketones is 1. The van der Waals surface area contributed by atoms with Gasteiger partial charge in [0.25, 0.3) is 0 Å². The van der Waals surface area contributed by atoms with E-state index in [0.29, 0.717) is 16.7 Å². The summed E-state index contributed by atoms with van der Waals surface area (Å²) in [6.07, 6.45) is 5.00. The molecule has 1 aromatic heterocycles. The van der Waals surface area contributed by atoms with Crippen LogP contribution in [-0.4, -0.2) is 40.8 Å². The minimum atomic E-state index is -0.564. The van der Waals surface area contributed by atoms with Crippen LogP contribution < -0.4 is 5.32 Å². The van der Waals surface area contributed by atoms with Crippen LogP contribution >= 0.6 is 11.6 Å². The first-order valence-electron chi connectivity index (χ1n) is 11.1. The molecule has 5 nitrogen and oxygen atoms in total. The van der Waals surface area contributed by atoms with Crippen molar-refractivity contribution in [3.05, 3.63) is 71.3 Å². The van der Waals surface area contributed by atoms with E-state index in [4.69, 9.17) is 11.6 Å². The first-order chi connectivity index (χ1) is 16.3. The molecule has 0 saturated carbocycles. The number of nitrogens with one attached hydrogen (secondary N) is 1. The van der Waals surface area contributed by atoms with E-state index >= 15 is 0 Å². The Kier molecular flexibility index (Phi) is 6.97. The maximum Gasteiger partial charge on any atom is 0.165 e. The van der Waals surface area contributed by atoms with Crippen LogP contribution in [0.15, 0.2) is 49.3 Å². The SMILES string of the molecule is C=CC(=O)Cc1cc2c(Nc3cccc(Cl)c3F)ncnc2cc1C#CC1(C)CCCN(C)C1. The number of benzene rings is 2. The average Bonchev–Trinajstić information content (AvgIpc) is 2.81. The van der Waals surface area contributed by atoms with Crippen LogP contribution in [0, 0.1) is 23.1 Å². The topological polar surface area (TPSA) is 58.1 Å². The molecule has 2 aromatic carbocycles. The zero-order chi connectivity index (χ0) is 24.3. The number of rotatable bonds is 5. The minimum absolute atomic E-state index is 0.0139. The predicted octanol–water partition coefficient (Wildman–Crippen LogP) is 5.55. The molecular formula is C27H26ClFN4O. The molecule has 1 aliphatic rings. The fraction of sp³-hybridized carbons (Fsp3) is 0.296. The van der Waals surface area contributed by atoms with E-state index in [-0.39, 0.29) is 28.3 Å². The van der Waals surface area contributed by atoms with E-state index in [9.17, 15) is 9.18 Å². The van der Waals surface area contributed by atoms with E-state index in [2.05, 4.69) is 52.6 Å². The summed E-state index contributed by atoms with van der Waals surface area (Å²) >= 11 is 5.92. The summed E-state index contributed by atoms with van der Waals surface area (Å²) < 4.78 is 14.5. The van der Waals surface area contributed by atoms with Crippen molar-refractivity contribution in [2.75, 3.05) is 25.5 Å². The van der Waals surface area contributed by atoms with Crippen molar-refractivity contribution >= 4 is 39.8 Å². The summed E-state index contributed by atoms with van der Waals surface area (Å²) in [5.74, 6) is 6.53. The number of anilines is 2. The molecule has 0 radical (unpaired) electrons. The minimum Gasteiger partial charge on any atom is -0.337 e. The van der Waals surface area contributed by atoms with E-state index in [1.807, 2.05) is 12.1 Å². The number of carbonyl (C=O) groups is 1. The van der Waals surface area contributed by atoms with E-state index < -0.39 is 5.82 Å². The van der Waals surface area contributed by atoms with Gasteiger partial charge in [-0.1, -0.05) is 36.1 Å². The summed E-state index contributed by atoms with van der Waals surface area (Å²) in [6.45, 7) is 7.75. The van der Waals surface area contributed by atoms with Crippen molar-refractivity contribution < 1.29 is 9.18 Å². The first kappa shape index (κ1) is 23.9. The molecule has 4 rings (SSSR count). The third-order valence-electron chi connectivity index (χ3n) is 6.04. The molecule has 1 aliphatic heterocycles. The number of carbonyl (C=O) groups excluding carboxylic acids is 1. The number of likely N-dealkylation sites (tertiary alicyclic amines) is 1. The average molecular weight is 477 g/mol. The molecule has 0 spiro atoms. The van der Waals surface area contributed by atoms with Gasteiger partial charge in [-0.2, -0.15) is 0 Å². The van der Waals surface area contributed by atoms with Gasteiger partial charge in [0.15, 0.2) is 11.6 Å². The number of aromatic nitrogens is 2. The van der Waals surface area contributed by atoms with Crippen molar-refractivity contribution in [2.45, 2.75) is 26.2 Å². The number of piperidine rings is 1. The molecule has 34 heavy (non-hydrogen) atoms. The summed E-state index contributed by atoms with van der Waals surface area (Å²) in [4.78, 5) is 23.2. The smallest absolute Gasteiger partial charge is 0.165 e. The lowest BCUT2D eigenvalue weighted by molar-refractivity contribution is -0.114. The van der Waals surface area contributed by atoms with Crippen molar-refractivity contribution in [1.82, 2.24) is 14.9 Å². The van der Waals surface area contributed by atoms with Crippen molar-refractivity contribution in [1.29, 1.82) is 0 Å². The van der Waals surface area contributed by atoms with Crippen molar-refractivity contribution in [3.8, 4) is 11.8 Å². The number of nitrogens with zero attached hydrogens (tertiary/aromatic N) is 3. The normalized spacial score (nSPS) is 18.2. The van der Waals surface area contributed by atoms with E-state index in [1.54, 1.807) is 12.1 Å². The Balaban J connectivity index is 1.79. The Morgan fingerprint density at radius 3 is 2.97 bits per heavy atom. The van der Waals surface area contributed by atoms with E-state index in [0.717, 1.165) is 37.1 Å². The molecule has 0 aliphatic carbocycles. The number of hydrogen-bond acceptors (Lipinski definition) is 5. The van der Waals surface area contributed by atoms with Crippen LogP contribution in [0.25, 0.3) is 10.9 Å². The van der Waals surface area contributed by atoms with Crippen LogP contribution in [0.2, 0.25) is 5.02 Å². The molecule has 7 heteroatoms. The molecular weight excluding hydrogens is 451 g/mol. The summed E-state index contributed by atoms with van der Waals surface area (Å²) in [5, 5.41) is 3.68. The fourth-order valence-electron chi connectivity index (χ4n) is 4.31. The highest BCUT2D eigenvalue weighted by molar-refractivity contribution is 6.31. The monoisotopic (exact) mass is 476 g/mol. The highest BCUT2D eigenvalue weighted by Crippen LogP contribution is 2.31. The quantitative estimate of drug-likeness (QED) is 0.386. The number of allylic oxidation sites excluding steroid dienone is 1. The molecule has 174 valence electrons. The Bertz CT molecular complexity index is 1330. The fourth-order valence-corrected chi connectivity index (χ4v) is 4.49. The van der Waals surface area contributed by atoms with Gasteiger partial charge in [0.2, 0.25) is 0 Å². The standard InChI is InChI=1S/C27H26ClFN4O/c1-4-20(34)13-19-14-21-24(15-18(19)9-11-27(2)10-6-12-33(3)16-27)30-17-31-26(21)32-23-8-5-7-22(28)25(23)29/h4-5,7-8,14-15,17H,1,6,10,12-13,16H2,2-3H3,(H,30,31,32). The Labute approximate surface area is 204 Å². The van der Waals surface area contributed by atoms with Gasteiger partial charge in [-0.15, -0.1) is 0 Å². The van der Waals surface area contributed by atoms with Crippen LogP contribution in [0.1, 0.15) is 30.9 Å². The van der Waals surface area contributed by atoms with Gasteiger partial charge in [0.05, 0.1) is 16.2 Å². The Morgan fingerprint density at radius 1 is 1.38 bits per heavy atom. The zero-order valence-corrected chi connectivity index (χ0v) is 20.0. The highest BCUT2D eigenvalue weighted by atomic mass is 35.5. The van der Waals surface area contributed by atoms with Crippen LogP contribution in [0.4, 0.5) is 15.9 Å². The van der Waals surface area contributed by atoms with Gasteiger partial charge < -0.3 is 10.2 Å². The number of fused-ring (bicyclic) bond motifs is 1. The molecule has 2 heterocycles. The second-order valence-electron chi connectivity index (χ2n) is 8.97. The predicted molar refractivity (Wildman–Crippen MR) is 135 cm³/mol. The highest BCUT2D eigenvalue weighted by Gasteiger charge is 2.27. The largest absolute Gasteiger partial charge is 0.337 e. The molecule has 1 unspecified atom stereocenters. The number of hydrogen-bond donors (Lipinski definition) is 1. The summed E-state index contributed by atoms with van der Waals surface area (Å²) in [5.41, 5.74) is 2.22. The van der Waals surface area contributed by atoms with Gasteiger partial charge in [-0.3, -0.25) is 4.79 Å². The van der Waals surface area contributed by atoms with E-state index in [1.165, 1.54) is 18.5 Å². The zero-order valence-electron chi connectivity index (χ0n) is 19.3. The van der Waals surface area contributed by atoms with Crippen LogP contribution in [0.3, 0.4) is 0 Å². The van der Waals surface area contributed by atoms with Crippen LogP contribution in [0.5, 0.6) is 0 Å². The molecule has 3 aromatic rings. The van der Waals surface area contributed by atoms with Crippen molar-refractivity contribution in [2.24, 2.45) is 5.41 Å². The molecule has 0 bridgehead atoms. The lowest BCUT2D eigenvalue weighted by atomic mass is 9.82. The Morgan fingerprint density at radius 2 is 2.21 bits per heavy atom. The second kappa shape index (κ2) is 9.92. The Hall–Kier alpha value is -3.27. The van der Waals surface area contributed by atoms with Gasteiger partial charge in [0, 0.05) is 29.3 Å². The van der Waals surface area contributed by atoms with Gasteiger partial charge in [-0.25, -0.2) is 14.4 Å². The molecule has 0 amide bonds. The number of halogens is 2. The van der Waals surface area contributed by atoms with Crippen LogP contribution in [-0.2, 0) is 11.2 Å². The summed E-state index contributed by atoms with van der Waals surface area (Å²) in [6, 6.07) is 8.43. The molecule has 1 fully saturated rings. The second-order valence-corrected chi connectivity index (χ2v) is 9.38.